The van der Waals surface area contributed by atoms with Gasteiger partial charge in [0, 0.05) is 22.3 Å². The van der Waals surface area contributed by atoms with Crippen molar-refractivity contribution in [1.29, 1.82) is 0 Å². The summed E-state index contributed by atoms with van der Waals surface area (Å²) in [5.41, 5.74) is 16.6. The van der Waals surface area contributed by atoms with Gasteiger partial charge in [-0.15, -0.1) is 0 Å². The van der Waals surface area contributed by atoms with Crippen molar-refractivity contribution < 1.29 is 9.53 Å². The van der Waals surface area contributed by atoms with E-state index in [4.69, 9.17) is 16.0 Å². The lowest BCUT2D eigenvalue weighted by atomic mass is 9.78. The van der Waals surface area contributed by atoms with Gasteiger partial charge in [0.15, 0.2) is 6.73 Å². The molecule has 0 heterocycles. The Morgan fingerprint density at radius 1 is 1.32 bits per heavy atom. The van der Waals surface area contributed by atoms with Crippen LogP contribution in [0.25, 0.3) is 10.4 Å². The van der Waals surface area contributed by atoms with Gasteiger partial charge in [-0.2, -0.15) is 0 Å². The summed E-state index contributed by atoms with van der Waals surface area (Å²) in [5, 5.41) is 3.46. The van der Waals surface area contributed by atoms with Crippen LogP contribution in [0.2, 0.25) is 0 Å². The molecule has 25 heavy (non-hydrogen) atoms. The second-order valence-electron chi connectivity index (χ2n) is 7.13. The molecule has 138 valence electrons. The maximum Gasteiger partial charge on any atom is 0.218 e. The van der Waals surface area contributed by atoms with E-state index in [2.05, 4.69) is 23.0 Å². The molecule has 0 atom stereocenters. The van der Waals surface area contributed by atoms with Crippen molar-refractivity contribution in [3.63, 3.8) is 0 Å². The van der Waals surface area contributed by atoms with Gasteiger partial charge in [-0.1, -0.05) is 51.2 Å². The van der Waals surface area contributed by atoms with Crippen LogP contribution in [-0.4, -0.2) is 12.6 Å². The van der Waals surface area contributed by atoms with Crippen LogP contribution in [0.1, 0.15) is 69.6 Å². The molecule has 0 saturated heterocycles. The number of amides is 1. The molecule has 0 aliphatic rings. The minimum absolute atomic E-state index is 0.0745. The molecule has 0 spiro atoms. The number of nitrogens with two attached hydrogens (primary N) is 1. The lowest BCUT2D eigenvalue weighted by molar-refractivity contribution is -0.119. The first kappa shape index (κ1) is 20.8. The molecule has 0 aliphatic heterocycles. The molecular formula is C19H30N4O2. The Kier molecular flexibility index (Phi) is 8.29. The summed E-state index contributed by atoms with van der Waals surface area (Å²) in [6, 6.07) is 4.16. The highest BCUT2D eigenvalue weighted by Crippen LogP contribution is 2.38. The number of carbonyl (C=O) groups excluding carboxylic acids is 1. The summed E-state index contributed by atoms with van der Waals surface area (Å²) in [5.74, 6) is 0.318. The van der Waals surface area contributed by atoms with E-state index < -0.39 is 5.41 Å². The number of carbonyl (C=O) groups is 1. The Bertz CT molecular complexity index is 635. The number of azide groups is 1. The zero-order valence-corrected chi connectivity index (χ0v) is 15.8. The average molecular weight is 346 g/mol. The smallest absolute Gasteiger partial charge is 0.218 e. The van der Waals surface area contributed by atoms with Gasteiger partial charge in [0.1, 0.15) is 5.75 Å². The van der Waals surface area contributed by atoms with Crippen LogP contribution in [0.3, 0.4) is 0 Å². The average Bonchev–Trinajstić information content (AvgIpc) is 2.50. The van der Waals surface area contributed by atoms with Gasteiger partial charge in [-0.05, 0) is 42.5 Å². The quantitative estimate of drug-likeness (QED) is 0.266. The molecule has 0 saturated carbocycles. The highest BCUT2D eigenvalue weighted by Gasteiger charge is 2.29. The molecule has 2 N–H and O–H groups in total. The molecule has 0 bridgehead atoms. The van der Waals surface area contributed by atoms with Crippen LogP contribution in [-0.2, 0) is 16.6 Å². The molecule has 0 unspecified atom stereocenters. The van der Waals surface area contributed by atoms with E-state index in [0.717, 1.165) is 24.0 Å². The van der Waals surface area contributed by atoms with Crippen LogP contribution in [0, 0.1) is 6.92 Å². The summed E-state index contributed by atoms with van der Waals surface area (Å²) in [6.45, 7) is 8.09. The van der Waals surface area contributed by atoms with E-state index in [1.165, 1.54) is 24.8 Å². The molecule has 6 heteroatoms. The largest absolute Gasteiger partial charge is 0.487 e. The van der Waals surface area contributed by atoms with Crippen LogP contribution in [0.5, 0.6) is 5.75 Å². The van der Waals surface area contributed by atoms with Crippen LogP contribution < -0.4 is 10.5 Å². The van der Waals surface area contributed by atoms with Crippen molar-refractivity contribution in [3.8, 4) is 5.75 Å². The van der Waals surface area contributed by atoms with Crippen molar-refractivity contribution in [2.24, 2.45) is 10.8 Å². The van der Waals surface area contributed by atoms with E-state index >= 15 is 0 Å². The van der Waals surface area contributed by atoms with Crippen molar-refractivity contribution in [2.75, 3.05) is 6.73 Å². The molecule has 6 nitrogen and oxygen atoms in total. The minimum Gasteiger partial charge on any atom is -0.487 e. The van der Waals surface area contributed by atoms with Gasteiger partial charge in [-0.3, -0.25) is 4.79 Å². The maximum absolute atomic E-state index is 11.5. The first-order chi connectivity index (χ1) is 11.8. The lowest BCUT2D eigenvalue weighted by Crippen LogP contribution is -2.27. The van der Waals surface area contributed by atoms with E-state index in [-0.39, 0.29) is 19.1 Å². The normalized spacial score (nSPS) is 11.0. The molecule has 1 amide bonds. The Balaban J connectivity index is 3.15. The van der Waals surface area contributed by atoms with Gasteiger partial charge in [0.2, 0.25) is 5.91 Å². The first-order valence-electron chi connectivity index (χ1n) is 8.87. The summed E-state index contributed by atoms with van der Waals surface area (Å²) < 4.78 is 5.72. The zero-order chi connectivity index (χ0) is 18.9. The topological polar surface area (TPSA) is 101 Å². The Hall–Kier alpha value is -2.20. The second-order valence-corrected chi connectivity index (χ2v) is 7.13. The minimum atomic E-state index is -0.456. The third-order valence-corrected chi connectivity index (χ3v) is 4.31. The van der Waals surface area contributed by atoms with Gasteiger partial charge in [-0.25, -0.2) is 0 Å². The fourth-order valence-corrected chi connectivity index (χ4v) is 3.36. The molecule has 0 radical (unpaired) electrons. The summed E-state index contributed by atoms with van der Waals surface area (Å²) in [6.07, 6.45) is 5.99. The Morgan fingerprint density at radius 2 is 2.04 bits per heavy atom. The highest BCUT2D eigenvalue weighted by atomic mass is 16.5. The maximum atomic E-state index is 11.5. The van der Waals surface area contributed by atoms with Crippen LogP contribution in [0.4, 0.5) is 0 Å². The van der Waals surface area contributed by atoms with Gasteiger partial charge < -0.3 is 10.5 Å². The first-order valence-corrected chi connectivity index (χ1v) is 8.87. The van der Waals surface area contributed by atoms with Crippen molar-refractivity contribution in [2.45, 2.75) is 71.6 Å². The predicted molar refractivity (Wildman–Crippen MR) is 101 cm³/mol. The fourth-order valence-electron chi connectivity index (χ4n) is 3.36. The molecule has 0 aromatic heterocycles. The third-order valence-electron chi connectivity index (χ3n) is 4.31. The van der Waals surface area contributed by atoms with E-state index in [9.17, 15) is 4.79 Å². The highest BCUT2D eigenvalue weighted by molar-refractivity contribution is 5.76. The summed E-state index contributed by atoms with van der Waals surface area (Å²) >= 11 is 0. The molecule has 1 aromatic carbocycles. The number of hydrogen-bond acceptors (Lipinski definition) is 3. The monoisotopic (exact) mass is 346 g/mol. The lowest BCUT2D eigenvalue weighted by Gasteiger charge is -2.28. The van der Waals surface area contributed by atoms with Crippen LogP contribution in [0.15, 0.2) is 17.2 Å². The standard InChI is InChI=1S/C19H30N4O2/c1-5-6-7-8-9-15-10-14(2)18(19(3,4)12-17(20)24)16(11-15)25-13-22-23-21/h10-11H,5-9,12-13H2,1-4H3,(H2,20,24). The number of aryl methyl sites for hydroxylation is 2. The second kappa shape index (κ2) is 9.94. The predicted octanol–water partition coefficient (Wildman–Crippen LogP) is 4.92. The van der Waals surface area contributed by atoms with Gasteiger partial charge in [0.25, 0.3) is 0 Å². The summed E-state index contributed by atoms with van der Waals surface area (Å²) in [4.78, 5) is 14.2. The number of ether oxygens (including phenoxy) is 1. The Morgan fingerprint density at radius 3 is 2.64 bits per heavy atom. The third kappa shape index (κ3) is 6.67. The SMILES string of the molecule is CCCCCCc1cc(C)c(C(C)(C)CC(N)=O)c(OCN=[N+]=[N-])c1. The van der Waals surface area contributed by atoms with Gasteiger partial charge >= 0.3 is 0 Å². The fraction of sp³-hybridized carbons (Fsp3) is 0.632. The molecular weight excluding hydrogens is 316 g/mol. The number of rotatable bonds is 11. The molecule has 0 aliphatic carbocycles. The molecule has 0 fully saturated rings. The van der Waals surface area contributed by atoms with E-state index in [0.29, 0.717) is 5.75 Å². The summed E-state index contributed by atoms with van der Waals surface area (Å²) in [7, 11) is 0. The molecule has 1 rings (SSSR count). The number of unbranched alkanes of at least 4 members (excludes halogenated alkanes) is 3. The van der Waals surface area contributed by atoms with Crippen LogP contribution >= 0.6 is 0 Å². The van der Waals surface area contributed by atoms with Crippen molar-refractivity contribution >= 4 is 5.91 Å². The number of primary amides is 1. The van der Waals surface area contributed by atoms with Crippen molar-refractivity contribution in [3.05, 3.63) is 39.3 Å². The van der Waals surface area contributed by atoms with Crippen molar-refractivity contribution in [1.82, 2.24) is 0 Å². The van der Waals surface area contributed by atoms with Gasteiger partial charge in [0.05, 0.1) is 0 Å². The Labute approximate surface area is 150 Å². The number of hydrogen-bond donors (Lipinski definition) is 1. The van der Waals surface area contributed by atoms with E-state index in [1.807, 2.05) is 26.8 Å². The van der Waals surface area contributed by atoms with E-state index in [1.54, 1.807) is 0 Å². The molecule has 1 aromatic rings. The zero-order valence-electron chi connectivity index (χ0n) is 15.8. The number of benzene rings is 1. The number of nitrogens with zero attached hydrogens (tertiary/aromatic N) is 3.